The molecule has 1 aliphatic carbocycles. The SMILES string of the molecule is CC(C1CC1)C1CCN(Cc2ccc([C@@H](C)NS(C)(=O)=O)cc2)CC1. The van der Waals surface area contributed by atoms with Gasteiger partial charge in [0, 0.05) is 12.6 Å². The Kier molecular flexibility index (Phi) is 5.86. The van der Waals surface area contributed by atoms with Gasteiger partial charge in [-0.15, -0.1) is 0 Å². The van der Waals surface area contributed by atoms with Crippen LogP contribution >= 0.6 is 0 Å². The van der Waals surface area contributed by atoms with Crippen LogP contribution in [0.1, 0.15) is 56.7 Å². The Morgan fingerprint density at radius 3 is 2.12 bits per heavy atom. The van der Waals surface area contributed by atoms with Gasteiger partial charge in [0.15, 0.2) is 0 Å². The summed E-state index contributed by atoms with van der Waals surface area (Å²) >= 11 is 0. The van der Waals surface area contributed by atoms with Gasteiger partial charge in [-0.1, -0.05) is 31.2 Å². The highest BCUT2D eigenvalue weighted by Gasteiger charge is 2.34. The van der Waals surface area contributed by atoms with Gasteiger partial charge in [0.25, 0.3) is 0 Å². The van der Waals surface area contributed by atoms with Crippen molar-refractivity contribution in [2.24, 2.45) is 17.8 Å². The molecule has 0 radical (unpaired) electrons. The van der Waals surface area contributed by atoms with Crippen molar-refractivity contribution in [2.45, 2.75) is 52.1 Å². The smallest absolute Gasteiger partial charge is 0.209 e. The fourth-order valence-corrected chi connectivity index (χ4v) is 4.98. The Balaban J connectivity index is 1.49. The molecular weight excluding hydrogens is 332 g/mol. The second-order valence-electron chi connectivity index (χ2n) is 8.16. The van der Waals surface area contributed by atoms with Gasteiger partial charge in [0.2, 0.25) is 10.0 Å². The average Bonchev–Trinajstić information content (AvgIpc) is 3.39. The van der Waals surface area contributed by atoms with E-state index in [-0.39, 0.29) is 6.04 Å². The van der Waals surface area contributed by atoms with E-state index in [4.69, 9.17) is 0 Å². The number of hydrogen-bond acceptors (Lipinski definition) is 3. The Bertz CT molecular complexity index is 659. The van der Waals surface area contributed by atoms with Crippen LogP contribution in [-0.2, 0) is 16.6 Å². The minimum atomic E-state index is -3.18. The summed E-state index contributed by atoms with van der Waals surface area (Å²) in [6.07, 6.45) is 6.79. The van der Waals surface area contributed by atoms with Crippen molar-refractivity contribution >= 4 is 10.0 Å². The highest BCUT2D eigenvalue weighted by atomic mass is 32.2. The topological polar surface area (TPSA) is 49.4 Å². The van der Waals surface area contributed by atoms with Crippen LogP contribution in [0.3, 0.4) is 0 Å². The van der Waals surface area contributed by atoms with E-state index in [2.05, 4.69) is 28.7 Å². The Morgan fingerprint density at radius 1 is 1.04 bits per heavy atom. The van der Waals surface area contributed by atoms with E-state index in [0.717, 1.165) is 29.9 Å². The van der Waals surface area contributed by atoms with Gasteiger partial charge in [-0.3, -0.25) is 4.90 Å². The molecule has 1 saturated carbocycles. The van der Waals surface area contributed by atoms with Crippen molar-refractivity contribution in [1.29, 1.82) is 0 Å². The number of sulfonamides is 1. The number of piperidine rings is 1. The van der Waals surface area contributed by atoms with Crippen LogP contribution in [-0.4, -0.2) is 32.7 Å². The second-order valence-corrected chi connectivity index (χ2v) is 9.94. The highest BCUT2D eigenvalue weighted by molar-refractivity contribution is 7.88. The Morgan fingerprint density at radius 2 is 1.60 bits per heavy atom. The summed E-state index contributed by atoms with van der Waals surface area (Å²) in [6.45, 7) is 7.74. The first-order valence-corrected chi connectivity index (χ1v) is 11.5. The summed E-state index contributed by atoms with van der Waals surface area (Å²) in [4.78, 5) is 2.56. The summed E-state index contributed by atoms with van der Waals surface area (Å²) in [5.41, 5.74) is 2.31. The number of rotatable bonds is 7. The van der Waals surface area contributed by atoms with E-state index in [1.165, 1.54) is 50.6 Å². The molecule has 1 N–H and O–H groups in total. The second kappa shape index (κ2) is 7.77. The molecule has 0 spiro atoms. The zero-order valence-corrected chi connectivity index (χ0v) is 16.6. The molecule has 2 aliphatic rings. The van der Waals surface area contributed by atoms with Gasteiger partial charge in [0.05, 0.1) is 6.26 Å². The van der Waals surface area contributed by atoms with Crippen LogP contribution in [0.4, 0.5) is 0 Å². The normalized spacial score (nSPS) is 22.7. The molecule has 1 aromatic carbocycles. The van der Waals surface area contributed by atoms with Crippen molar-refractivity contribution in [1.82, 2.24) is 9.62 Å². The molecule has 2 fully saturated rings. The lowest BCUT2D eigenvalue weighted by Gasteiger charge is -2.35. The van der Waals surface area contributed by atoms with Crippen LogP contribution in [0.5, 0.6) is 0 Å². The van der Waals surface area contributed by atoms with Crippen LogP contribution in [0.25, 0.3) is 0 Å². The van der Waals surface area contributed by atoms with Gasteiger partial charge in [-0.2, -0.15) is 0 Å². The van der Waals surface area contributed by atoms with Gasteiger partial charge in [-0.25, -0.2) is 13.1 Å². The zero-order valence-electron chi connectivity index (χ0n) is 15.7. The van der Waals surface area contributed by atoms with Crippen molar-refractivity contribution in [3.8, 4) is 0 Å². The highest BCUT2D eigenvalue weighted by Crippen LogP contribution is 2.43. The number of hydrogen-bond donors (Lipinski definition) is 1. The van der Waals surface area contributed by atoms with Gasteiger partial charge >= 0.3 is 0 Å². The Hall–Kier alpha value is -0.910. The summed E-state index contributed by atoms with van der Waals surface area (Å²) < 4.78 is 25.3. The third kappa shape index (κ3) is 5.53. The van der Waals surface area contributed by atoms with E-state index in [1.807, 2.05) is 19.1 Å². The van der Waals surface area contributed by atoms with Crippen molar-refractivity contribution in [2.75, 3.05) is 19.3 Å². The standard InChI is InChI=1S/C20H32N2O2S/c1-15(18-8-9-18)19-10-12-22(13-11-19)14-17-4-6-20(7-5-17)16(2)21-25(3,23)24/h4-7,15-16,18-19,21H,8-14H2,1-3H3/t15?,16-/m1/s1. The quantitative estimate of drug-likeness (QED) is 0.805. The molecule has 4 nitrogen and oxygen atoms in total. The minimum absolute atomic E-state index is 0.191. The summed E-state index contributed by atoms with van der Waals surface area (Å²) in [5.74, 6) is 2.87. The molecule has 140 valence electrons. The minimum Gasteiger partial charge on any atom is -0.299 e. The van der Waals surface area contributed by atoms with Gasteiger partial charge < -0.3 is 0 Å². The lowest BCUT2D eigenvalue weighted by molar-refractivity contribution is 0.139. The monoisotopic (exact) mass is 364 g/mol. The first kappa shape index (κ1) is 18.9. The molecule has 1 aliphatic heterocycles. The lowest BCUT2D eigenvalue weighted by Crippen LogP contribution is -2.35. The number of benzene rings is 1. The average molecular weight is 365 g/mol. The summed E-state index contributed by atoms with van der Waals surface area (Å²) in [5, 5.41) is 0. The maximum absolute atomic E-state index is 11.3. The molecule has 1 unspecified atom stereocenters. The first-order chi connectivity index (χ1) is 11.8. The van der Waals surface area contributed by atoms with Crippen molar-refractivity contribution in [3.63, 3.8) is 0 Å². The lowest BCUT2D eigenvalue weighted by atomic mass is 9.82. The van der Waals surface area contributed by atoms with E-state index in [9.17, 15) is 8.42 Å². The molecule has 3 rings (SSSR count). The van der Waals surface area contributed by atoms with Gasteiger partial charge in [0.1, 0.15) is 0 Å². The fourth-order valence-electron chi connectivity index (χ4n) is 4.20. The first-order valence-electron chi connectivity index (χ1n) is 9.60. The third-order valence-corrected chi connectivity index (χ3v) is 6.80. The van der Waals surface area contributed by atoms with E-state index in [1.54, 1.807) is 0 Å². The molecule has 2 atom stereocenters. The molecule has 25 heavy (non-hydrogen) atoms. The number of nitrogens with zero attached hydrogens (tertiary/aromatic N) is 1. The molecule has 0 aromatic heterocycles. The van der Waals surface area contributed by atoms with E-state index in [0.29, 0.717) is 0 Å². The molecule has 1 aromatic rings. The van der Waals surface area contributed by atoms with Crippen LogP contribution < -0.4 is 4.72 Å². The summed E-state index contributed by atoms with van der Waals surface area (Å²) in [7, 11) is -3.18. The number of nitrogens with one attached hydrogen (secondary N) is 1. The molecule has 0 amide bonds. The fraction of sp³-hybridized carbons (Fsp3) is 0.700. The molecule has 0 bridgehead atoms. The molecule has 5 heteroatoms. The number of likely N-dealkylation sites (tertiary alicyclic amines) is 1. The molecular formula is C20H32N2O2S. The molecule has 1 saturated heterocycles. The Labute approximate surface area is 153 Å². The van der Waals surface area contributed by atoms with Crippen LogP contribution in [0, 0.1) is 17.8 Å². The van der Waals surface area contributed by atoms with Crippen LogP contribution in [0.2, 0.25) is 0 Å². The predicted octanol–water partition coefficient (Wildman–Crippen LogP) is 3.55. The van der Waals surface area contributed by atoms with Gasteiger partial charge in [-0.05, 0) is 74.6 Å². The maximum atomic E-state index is 11.3. The zero-order chi connectivity index (χ0) is 18.0. The molecule has 1 heterocycles. The third-order valence-electron chi connectivity index (χ3n) is 6.02. The van der Waals surface area contributed by atoms with Crippen molar-refractivity contribution in [3.05, 3.63) is 35.4 Å². The maximum Gasteiger partial charge on any atom is 0.209 e. The largest absolute Gasteiger partial charge is 0.299 e. The van der Waals surface area contributed by atoms with E-state index >= 15 is 0 Å². The van der Waals surface area contributed by atoms with Crippen molar-refractivity contribution < 1.29 is 8.42 Å². The van der Waals surface area contributed by atoms with Crippen LogP contribution in [0.15, 0.2) is 24.3 Å². The predicted molar refractivity (Wildman–Crippen MR) is 103 cm³/mol. The van der Waals surface area contributed by atoms with E-state index < -0.39 is 10.0 Å². The summed E-state index contributed by atoms with van der Waals surface area (Å²) in [6, 6.07) is 8.16.